The third-order valence-corrected chi connectivity index (χ3v) is 5.81. The molecule has 27 heavy (non-hydrogen) atoms. The molecule has 3 aromatic carbocycles. The molecule has 0 aliphatic heterocycles. The van der Waals surface area contributed by atoms with Crippen LogP contribution in [0, 0.1) is 0 Å². The SMILES string of the molecule is COC(=O)Cc1ccccc1S(=O)(=O)c1ccc(Oc2ccccc2)cc1. The summed E-state index contributed by atoms with van der Waals surface area (Å²) in [5.41, 5.74) is 0.397. The van der Waals surface area contributed by atoms with Gasteiger partial charge in [0.2, 0.25) is 9.84 Å². The van der Waals surface area contributed by atoms with E-state index in [1.54, 1.807) is 30.3 Å². The number of benzene rings is 3. The number of hydrogen-bond acceptors (Lipinski definition) is 5. The van der Waals surface area contributed by atoms with Gasteiger partial charge in [0.15, 0.2) is 0 Å². The Bertz CT molecular complexity index is 1030. The Labute approximate surface area is 158 Å². The van der Waals surface area contributed by atoms with Gasteiger partial charge >= 0.3 is 5.97 Å². The summed E-state index contributed by atoms with van der Waals surface area (Å²) in [6.07, 6.45) is -0.110. The molecule has 0 bridgehead atoms. The number of hydrogen-bond donors (Lipinski definition) is 0. The zero-order chi connectivity index (χ0) is 19.3. The largest absolute Gasteiger partial charge is 0.469 e. The quantitative estimate of drug-likeness (QED) is 0.602. The van der Waals surface area contributed by atoms with Crippen LogP contribution in [0.15, 0.2) is 88.7 Å². The van der Waals surface area contributed by atoms with Gasteiger partial charge in [-0.15, -0.1) is 0 Å². The topological polar surface area (TPSA) is 69.7 Å². The van der Waals surface area contributed by atoms with Crippen molar-refractivity contribution in [3.05, 3.63) is 84.4 Å². The van der Waals surface area contributed by atoms with Gasteiger partial charge < -0.3 is 9.47 Å². The molecule has 0 N–H and O–H groups in total. The van der Waals surface area contributed by atoms with Gasteiger partial charge in [0.1, 0.15) is 11.5 Å². The summed E-state index contributed by atoms with van der Waals surface area (Å²) in [6, 6.07) is 21.8. The summed E-state index contributed by atoms with van der Waals surface area (Å²) in [5, 5.41) is 0. The van der Waals surface area contributed by atoms with Gasteiger partial charge in [0.25, 0.3) is 0 Å². The summed E-state index contributed by atoms with van der Waals surface area (Å²) in [7, 11) is -2.51. The highest BCUT2D eigenvalue weighted by molar-refractivity contribution is 7.91. The van der Waals surface area contributed by atoms with Crippen LogP contribution in [0.4, 0.5) is 0 Å². The first-order valence-electron chi connectivity index (χ1n) is 8.23. The molecule has 0 unspecified atom stereocenters. The Morgan fingerprint density at radius 1 is 0.815 bits per heavy atom. The number of ether oxygens (including phenoxy) is 2. The van der Waals surface area contributed by atoms with Gasteiger partial charge in [-0.25, -0.2) is 8.42 Å². The molecule has 0 spiro atoms. The maximum absolute atomic E-state index is 13.0. The molecule has 0 fully saturated rings. The molecule has 0 saturated carbocycles. The van der Waals surface area contributed by atoms with Gasteiger partial charge in [0.05, 0.1) is 23.3 Å². The summed E-state index contributed by atoms with van der Waals surface area (Å²) >= 11 is 0. The van der Waals surface area contributed by atoms with E-state index in [9.17, 15) is 13.2 Å². The fourth-order valence-corrected chi connectivity index (χ4v) is 4.07. The van der Waals surface area contributed by atoms with Crippen LogP contribution in [0.3, 0.4) is 0 Å². The van der Waals surface area contributed by atoms with Crippen molar-refractivity contribution in [2.24, 2.45) is 0 Å². The average Bonchev–Trinajstić information content (AvgIpc) is 2.69. The van der Waals surface area contributed by atoms with E-state index in [0.717, 1.165) is 0 Å². The van der Waals surface area contributed by atoms with Crippen LogP contribution in [0.5, 0.6) is 11.5 Å². The van der Waals surface area contributed by atoms with Crippen molar-refractivity contribution in [3.63, 3.8) is 0 Å². The van der Waals surface area contributed by atoms with Gasteiger partial charge in [-0.3, -0.25) is 4.79 Å². The van der Waals surface area contributed by atoms with Crippen molar-refractivity contribution < 1.29 is 22.7 Å². The molecular weight excluding hydrogens is 364 g/mol. The second kappa shape index (κ2) is 8.05. The second-order valence-electron chi connectivity index (χ2n) is 5.75. The molecule has 0 atom stereocenters. The van der Waals surface area contributed by atoms with E-state index < -0.39 is 15.8 Å². The lowest BCUT2D eigenvalue weighted by atomic mass is 10.1. The third-order valence-electron chi connectivity index (χ3n) is 3.94. The van der Waals surface area contributed by atoms with E-state index in [1.165, 1.54) is 25.3 Å². The highest BCUT2D eigenvalue weighted by atomic mass is 32.2. The molecule has 0 aromatic heterocycles. The molecule has 0 heterocycles. The van der Waals surface area contributed by atoms with Crippen molar-refractivity contribution >= 4 is 15.8 Å². The molecular formula is C21H18O5S. The van der Waals surface area contributed by atoms with Crippen LogP contribution in [-0.4, -0.2) is 21.5 Å². The molecule has 6 heteroatoms. The summed E-state index contributed by atoms with van der Waals surface area (Å²) in [6.45, 7) is 0. The van der Waals surface area contributed by atoms with Crippen LogP contribution in [-0.2, 0) is 25.8 Å². The number of carbonyl (C=O) groups is 1. The van der Waals surface area contributed by atoms with E-state index in [-0.39, 0.29) is 16.2 Å². The first-order valence-corrected chi connectivity index (χ1v) is 9.72. The maximum atomic E-state index is 13.0. The van der Waals surface area contributed by atoms with Gasteiger partial charge in [-0.1, -0.05) is 36.4 Å². The fourth-order valence-electron chi connectivity index (χ4n) is 2.58. The van der Waals surface area contributed by atoms with E-state index in [1.807, 2.05) is 30.3 Å². The first-order chi connectivity index (χ1) is 13.0. The fraction of sp³-hybridized carbons (Fsp3) is 0.0952. The molecule has 0 amide bonds. The lowest BCUT2D eigenvalue weighted by Gasteiger charge is -2.11. The van der Waals surface area contributed by atoms with Gasteiger partial charge in [0, 0.05) is 0 Å². The monoisotopic (exact) mass is 382 g/mol. The van der Waals surface area contributed by atoms with Crippen molar-refractivity contribution in [3.8, 4) is 11.5 Å². The third kappa shape index (κ3) is 4.35. The van der Waals surface area contributed by atoms with Crippen molar-refractivity contribution in [2.45, 2.75) is 16.2 Å². The van der Waals surface area contributed by atoms with E-state index in [4.69, 9.17) is 4.74 Å². The normalized spacial score (nSPS) is 11.0. The lowest BCUT2D eigenvalue weighted by Crippen LogP contribution is -2.10. The summed E-state index contributed by atoms with van der Waals surface area (Å²) in [4.78, 5) is 11.8. The number of rotatable bonds is 6. The molecule has 0 aliphatic carbocycles. The predicted molar refractivity (Wildman–Crippen MR) is 101 cm³/mol. The van der Waals surface area contributed by atoms with Crippen LogP contribution in [0.1, 0.15) is 5.56 Å². The molecule has 3 rings (SSSR count). The van der Waals surface area contributed by atoms with Crippen LogP contribution in [0.25, 0.3) is 0 Å². The smallest absolute Gasteiger partial charge is 0.310 e. The number of methoxy groups -OCH3 is 1. The Morgan fingerprint density at radius 3 is 2.07 bits per heavy atom. The molecule has 0 aliphatic rings. The highest BCUT2D eigenvalue weighted by Gasteiger charge is 2.22. The second-order valence-corrected chi connectivity index (χ2v) is 7.67. The minimum atomic E-state index is -3.78. The Kier molecular flexibility index (Phi) is 5.57. The van der Waals surface area contributed by atoms with Crippen molar-refractivity contribution in [1.29, 1.82) is 0 Å². The zero-order valence-corrected chi connectivity index (χ0v) is 15.5. The Hall–Kier alpha value is -3.12. The van der Waals surface area contributed by atoms with E-state index >= 15 is 0 Å². The standard InChI is InChI=1S/C21H18O5S/c1-25-21(22)15-16-7-5-6-10-20(16)27(23,24)19-13-11-18(12-14-19)26-17-8-3-2-4-9-17/h2-14H,15H2,1H3. The highest BCUT2D eigenvalue weighted by Crippen LogP contribution is 2.28. The molecule has 5 nitrogen and oxygen atoms in total. The molecule has 3 aromatic rings. The number of para-hydroxylation sites is 1. The molecule has 0 saturated heterocycles. The number of esters is 1. The Balaban J connectivity index is 1.88. The lowest BCUT2D eigenvalue weighted by molar-refractivity contribution is -0.139. The molecule has 138 valence electrons. The summed E-state index contributed by atoms with van der Waals surface area (Å²) in [5.74, 6) is 0.698. The maximum Gasteiger partial charge on any atom is 0.310 e. The summed E-state index contributed by atoms with van der Waals surface area (Å²) < 4.78 is 36.3. The Morgan fingerprint density at radius 2 is 1.41 bits per heavy atom. The number of sulfone groups is 1. The minimum absolute atomic E-state index is 0.0899. The van der Waals surface area contributed by atoms with Crippen molar-refractivity contribution in [2.75, 3.05) is 7.11 Å². The van der Waals surface area contributed by atoms with Gasteiger partial charge in [-0.05, 0) is 48.0 Å². The predicted octanol–water partition coefficient (Wildman–Crippen LogP) is 4.03. The van der Waals surface area contributed by atoms with Gasteiger partial charge in [-0.2, -0.15) is 0 Å². The average molecular weight is 382 g/mol. The van der Waals surface area contributed by atoms with E-state index in [2.05, 4.69) is 4.74 Å². The zero-order valence-electron chi connectivity index (χ0n) is 14.7. The first kappa shape index (κ1) is 18.7. The van der Waals surface area contributed by atoms with Crippen LogP contribution >= 0.6 is 0 Å². The molecule has 0 radical (unpaired) electrons. The van der Waals surface area contributed by atoms with Crippen LogP contribution < -0.4 is 4.74 Å². The van der Waals surface area contributed by atoms with Crippen molar-refractivity contribution in [1.82, 2.24) is 0 Å². The van der Waals surface area contributed by atoms with Crippen LogP contribution in [0.2, 0.25) is 0 Å². The minimum Gasteiger partial charge on any atom is -0.469 e. The number of carbonyl (C=O) groups excluding carboxylic acids is 1. The van der Waals surface area contributed by atoms with E-state index in [0.29, 0.717) is 17.1 Å².